The van der Waals surface area contributed by atoms with Gasteiger partial charge in [-0.3, -0.25) is 4.79 Å². The molecule has 2 aromatic rings. The first-order valence-corrected chi connectivity index (χ1v) is 7.10. The number of carbonyl (C=O) groups excluding carboxylic acids is 1. The lowest BCUT2D eigenvalue weighted by molar-refractivity contribution is -0.133. The van der Waals surface area contributed by atoms with Gasteiger partial charge in [-0.2, -0.15) is 0 Å². The van der Waals surface area contributed by atoms with Crippen molar-refractivity contribution >= 4 is 16.9 Å². The number of piperidine rings is 1. The highest BCUT2D eigenvalue weighted by atomic mass is 16.2. The third-order valence-corrected chi connectivity index (χ3v) is 3.95. The first-order valence-electron chi connectivity index (χ1n) is 7.10. The zero-order chi connectivity index (χ0) is 14.1. The SMILES string of the molecule is Cc1nc2ccccc2n1CC(=O)N1CCCC(N)C1. The average molecular weight is 272 g/mol. The highest BCUT2D eigenvalue weighted by Crippen LogP contribution is 2.16. The van der Waals surface area contributed by atoms with Crippen molar-refractivity contribution in [1.82, 2.24) is 14.5 Å². The fourth-order valence-electron chi connectivity index (χ4n) is 2.87. The molecule has 1 atom stereocenters. The van der Waals surface area contributed by atoms with Crippen molar-refractivity contribution in [2.75, 3.05) is 13.1 Å². The number of carbonyl (C=O) groups is 1. The number of fused-ring (bicyclic) bond motifs is 1. The van der Waals surface area contributed by atoms with Gasteiger partial charge in [0.1, 0.15) is 12.4 Å². The molecule has 106 valence electrons. The molecule has 5 heteroatoms. The van der Waals surface area contributed by atoms with E-state index in [0.717, 1.165) is 36.2 Å². The summed E-state index contributed by atoms with van der Waals surface area (Å²) in [7, 11) is 0. The van der Waals surface area contributed by atoms with E-state index in [1.807, 2.05) is 40.7 Å². The van der Waals surface area contributed by atoms with Crippen LogP contribution in [0.3, 0.4) is 0 Å². The maximum Gasteiger partial charge on any atom is 0.242 e. The van der Waals surface area contributed by atoms with Crippen molar-refractivity contribution in [2.24, 2.45) is 5.73 Å². The van der Waals surface area contributed by atoms with E-state index in [0.29, 0.717) is 13.1 Å². The quantitative estimate of drug-likeness (QED) is 0.896. The number of hydrogen-bond acceptors (Lipinski definition) is 3. The van der Waals surface area contributed by atoms with Gasteiger partial charge in [0.05, 0.1) is 11.0 Å². The molecule has 2 N–H and O–H groups in total. The van der Waals surface area contributed by atoms with Crippen LogP contribution in [0.25, 0.3) is 11.0 Å². The lowest BCUT2D eigenvalue weighted by Gasteiger charge is -2.31. The molecule has 0 spiro atoms. The van der Waals surface area contributed by atoms with Crippen LogP contribution in [0.1, 0.15) is 18.7 Å². The molecule has 5 nitrogen and oxygen atoms in total. The van der Waals surface area contributed by atoms with Gasteiger partial charge in [-0.1, -0.05) is 12.1 Å². The van der Waals surface area contributed by atoms with Crippen LogP contribution in [-0.4, -0.2) is 39.5 Å². The summed E-state index contributed by atoms with van der Waals surface area (Å²) in [6.45, 7) is 3.77. The molecule has 1 aromatic carbocycles. The lowest BCUT2D eigenvalue weighted by Crippen LogP contribution is -2.46. The number of benzene rings is 1. The van der Waals surface area contributed by atoms with E-state index in [1.54, 1.807) is 0 Å². The molecule has 1 unspecified atom stereocenters. The van der Waals surface area contributed by atoms with Gasteiger partial charge >= 0.3 is 0 Å². The first-order chi connectivity index (χ1) is 9.65. The monoisotopic (exact) mass is 272 g/mol. The molecule has 1 saturated heterocycles. The van der Waals surface area contributed by atoms with E-state index in [4.69, 9.17) is 5.73 Å². The average Bonchev–Trinajstić information content (AvgIpc) is 2.75. The number of nitrogens with two attached hydrogens (primary N) is 1. The summed E-state index contributed by atoms with van der Waals surface area (Å²) >= 11 is 0. The molecule has 20 heavy (non-hydrogen) atoms. The van der Waals surface area contributed by atoms with Crippen LogP contribution < -0.4 is 5.73 Å². The Labute approximate surface area is 118 Å². The Balaban J connectivity index is 1.82. The van der Waals surface area contributed by atoms with Crippen LogP contribution >= 0.6 is 0 Å². The first kappa shape index (κ1) is 13.1. The van der Waals surface area contributed by atoms with Gasteiger partial charge in [-0.15, -0.1) is 0 Å². The molecule has 1 aliphatic rings. The summed E-state index contributed by atoms with van der Waals surface area (Å²) < 4.78 is 1.98. The summed E-state index contributed by atoms with van der Waals surface area (Å²) in [6.07, 6.45) is 2.01. The smallest absolute Gasteiger partial charge is 0.242 e. The molecule has 1 fully saturated rings. The minimum absolute atomic E-state index is 0.119. The van der Waals surface area contributed by atoms with Crippen molar-refractivity contribution in [3.8, 4) is 0 Å². The van der Waals surface area contributed by atoms with E-state index in [-0.39, 0.29) is 11.9 Å². The Morgan fingerprint density at radius 1 is 1.45 bits per heavy atom. The van der Waals surface area contributed by atoms with Gasteiger partial charge in [0.15, 0.2) is 0 Å². The van der Waals surface area contributed by atoms with Crippen LogP contribution in [0.2, 0.25) is 0 Å². The summed E-state index contributed by atoms with van der Waals surface area (Å²) in [5, 5.41) is 0. The van der Waals surface area contributed by atoms with Crippen molar-refractivity contribution in [1.29, 1.82) is 0 Å². The highest BCUT2D eigenvalue weighted by molar-refractivity contribution is 5.81. The number of hydrogen-bond donors (Lipinski definition) is 1. The van der Waals surface area contributed by atoms with E-state index in [2.05, 4.69) is 4.98 Å². The Kier molecular flexibility index (Phi) is 3.44. The Hall–Kier alpha value is -1.88. The second-order valence-corrected chi connectivity index (χ2v) is 5.48. The minimum Gasteiger partial charge on any atom is -0.340 e. The topological polar surface area (TPSA) is 64.2 Å². The van der Waals surface area contributed by atoms with Crippen LogP contribution in [0.4, 0.5) is 0 Å². The zero-order valence-corrected chi connectivity index (χ0v) is 11.7. The molecule has 0 aliphatic carbocycles. The van der Waals surface area contributed by atoms with E-state index in [9.17, 15) is 4.79 Å². The number of likely N-dealkylation sites (tertiary alicyclic amines) is 1. The lowest BCUT2D eigenvalue weighted by atomic mass is 10.1. The number of amides is 1. The highest BCUT2D eigenvalue weighted by Gasteiger charge is 2.22. The number of aryl methyl sites for hydroxylation is 1. The van der Waals surface area contributed by atoms with Crippen LogP contribution in [0.5, 0.6) is 0 Å². The number of imidazole rings is 1. The second kappa shape index (κ2) is 5.25. The number of nitrogens with zero attached hydrogens (tertiary/aromatic N) is 3. The summed E-state index contributed by atoms with van der Waals surface area (Å²) in [4.78, 5) is 18.8. The van der Waals surface area contributed by atoms with Gasteiger partial charge in [0, 0.05) is 19.1 Å². The Bertz CT molecular complexity index is 634. The van der Waals surface area contributed by atoms with Crippen molar-refractivity contribution in [3.05, 3.63) is 30.1 Å². The molecule has 0 saturated carbocycles. The fourth-order valence-corrected chi connectivity index (χ4v) is 2.87. The number of para-hydroxylation sites is 2. The van der Waals surface area contributed by atoms with Crippen molar-refractivity contribution in [3.63, 3.8) is 0 Å². The second-order valence-electron chi connectivity index (χ2n) is 5.48. The molecule has 1 aliphatic heterocycles. The fraction of sp³-hybridized carbons (Fsp3) is 0.467. The molecular formula is C15H20N4O. The molecule has 0 bridgehead atoms. The summed E-state index contributed by atoms with van der Waals surface area (Å²) in [6, 6.07) is 8.03. The molecule has 0 radical (unpaired) electrons. The maximum atomic E-state index is 12.4. The number of aromatic nitrogens is 2. The van der Waals surface area contributed by atoms with Crippen molar-refractivity contribution in [2.45, 2.75) is 32.4 Å². The number of rotatable bonds is 2. The third kappa shape index (κ3) is 2.41. The molecule has 1 aromatic heterocycles. The van der Waals surface area contributed by atoms with Gasteiger partial charge < -0.3 is 15.2 Å². The predicted octanol–water partition coefficient (Wildman–Crippen LogP) is 1.29. The predicted molar refractivity (Wildman–Crippen MR) is 78.3 cm³/mol. The molecule has 3 rings (SSSR count). The summed E-state index contributed by atoms with van der Waals surface area (Å²) in [5.41, 5.74) is 7.90. The molecule has 1 amide bonds. The van der Waals surface area contributed by atoms with Gasteiger partial charge in [0.25, 0.3) is 0 Å². The van der Waals surface area contributed by atoms with Crippen molar-refractivity contribution < 1.29 is 4.79 Å². The molecular weight excluding hydrogens is 252 g/mol. The Morgan fingerprint density at radius 3 is 3.05 bits per heavy atom. The largest absolute Gasteiger partial charge is 0.340 e. The van der Waals surface area contributed by atoms with Crippen LogP contribution in [0, 0.1) is 6.92 Å². The van der Waals surface area contributed by atoms with Gasteiger partial charge in [0.2, 0.25) is 5.91 Å². The van der Waals surface area contributed by atoms with Crippen LogP contribution in [0.15, 0.2) is 24.3 Å². The Morgan fingerprint density at radius 2 is 2.25 bits per heavy atom. The standard InChI is InChI=1S/C15H20N4O/c1-11-17-13-6-2-3-7-14(13)19(11)10-15(20)18-8-4-5-12(16)9-18/h2-3,6-7,12H,4-5,8-10,16H2,1H3. The van der Waals surface area contributed by atoms with E-state index in [1.165, 1.54) is 0 Å². The normalized spacial score (nSPS) is 19.5. The van der Waals surface area contributed by atoms with E-state index >= 15 is 0 Å². The third-order valence-electron chi connectivity index (χ3n) is 3.95. The van der Waals surface area contributed by atoms with E-state index < -0.39 is 0 Å². The van der Waals surface area contributed by atoms with Gasteiger partial charge in [-0.25, -0.2) is 4.98 Å². The minimum atomic E-state index is 0.119. The van der Waals surface area contributed by atoms with Gasteiger partial charge in [-0.05, 0) is 31.9 Å². The zero-order valence-electron chi connectivity index (χ0n) is 11.7. The summed E-state index contributed by atoms with van der Waals surface area (Å²) in [5.74, 6) is 1.01. The maximum absolute atomic E-state index is 12.4. The molecule has 2 heterocycles. The van der Waals surface area contributed by atoms with Crippen LogP contribution in [-0.2, 0) is 11.3 Å².